The Bertz CT molecular complexity index is 389. The molecule has 0 radical (unpaired) electrons. The van der Waals surface area contributed by atoms with Gasteiger partial charge in [-0.1, -0.05) is 0 Å². The number of carbonyl (C=O) groups excluding carboxylic acids is 1. The molecule has 0 unspecified atom stereocenters. The molecule has 1 fully saturated rings. The standard InChI is InChI=1S/C11H14N2O3/c14-9-1-7(2-9)4-13-11(16)8-3-10(15)6-12-5-8/h3,5-7,9,14-15H,1-2,4H2,(H,13,16). The molecule has 0 saturated heterocycles. The van der Waals surface area contributed by atoms with E-state index in [1.165, 1.54) is 18.5 Å². The van der Waals surface area contributed by atoms with Crippen LogP contribution in [0.25, 0.3) is 0 Å². The monoisotopic (exact) mass is 222 g/mol. The fourth-order valence-electron chi connectivity index (χ4n) is 1.76. The molecule has 0 aromatic carbocycles. The summed E-state index contributed by atoms with van der Waals surface area (Å²) in [6, 6.07) is 1.37. The number of amides is 1. The lowest BCUT2D eigenvalue weighted by Gasteiger charge is -2.31. The molecule has 3 N–H and O–H groups in total. The molecular weight excluding hydrogens is 208 g/mol. The molecule has 0 bridgehead atoms. The van der Waals surface area contributed by atoms with Crippen LogP contribution in [0.5, 0.6) is 5.75 Å². The predicted octanol–water partition coefficient (Wildman–Crippen LogP) is 0.288. The van der Waals surface area contributed by atoms with E-state index in [1.54, 1.807) is 0 Å². The van der Waals surface area contributed by atoms with Crippen LogP contribution in [0.1, 0.15) is 23.2 Å². The van der Waals surface area contributed by atoms with Crippen molar-refractivity contribution in [2.45, 2.75) is 18.9 Å². The number of aromatic hydroxyl groups is 1. The van der Waals surface area contributed by atoms with Gasteiger partial charge in [0, 0.05) is 12.7 Å². The van der Waals surface area contributed by atoms with E-state index in [-0.39, 0.29) is 17.8 Å². The predicted molar refractivity (Wildman–Crippen MR) is 57.0 cm³/mol. The number of aliphatic hydroxyl groups excluding tert-OH is 1. The Kier molecular flexibility index (Phi) is 3.05. The molecule has 2 rings (SSSR count). The average Bonchev–Trinajstić information content (AvgIpc) is 2.22. The summed E-state index contributed by atoms with van der Waals surface area (Å²) in [6.45, 7) is 0.561. The van der Waals surface area contributed by atoms with Gasteiger partial charge in [-0.2, -0.15) is 0 Å². The van der Waals surface area contributed by atoms with E-state index in [4.69, 9.17) is 10.2 Å². The Morgan fingerprint density at radius 1 is 1.50 bits per heavy atom. The average molecular weight is 222 g/mol. The van der Waals surface area contributed by atoms with Crippen LogP contribution < -0.4 is 5.32 Å². The maximum Gasteiger partial charge on any atom is 0.252 e. The number of rotatable bonds is 3. The molecule has 1 amide bonds. The first kappa shape index (κ1) is 10.9. The van der Waals surface area contributed by atoms with Gasteiger partial charge < -0.3 is 15.5 Å². The summed E-state index contributed by atoms with van der Waals surface area (Å²) in [5.41, 5.74) is 0.347. The topological polar surface area (TPSA) is 82.5 Å². The Labute approximate surface area is 93.1 Å². The quantitative estimate of drug-likeness (QED) is 0.686. The van der Waals surface area contributed by atoms with Crippen LogP contribution >= 0.6 is 0 Å². The lowest BCUT2D eigenvalue weighted by atomic mass is 9.82. The molecule has 1 aliphatic carbocycles. The van der Waals surface area contributed by atoms with Gasteiger partial charge in [0.1, 0.15) is 5.75 Å². The van der Waals surface area contributed by atoms with Crippen LogP contribution in [-0.2, 0) is 0 Å². The molecule has 1 aromatic rings. The van der Waals surface area contributed by atoms with Crippen LogP contribution in [0.15, 0.2) is 18.5 Å². The highest BCUT2D eigenvalue weighted by Gasteiger charge is 2.27. The van der Waals surface area contributed by atoms with E-state index in [1.807, 2.05) is 0 Å². The molecule has 1 saturated carbocycles. The number of carbonyl (C=O) groups is 1. The summed E-state index contributed by atoms with van der Waals surface area (Å²) < 4.78 is 0. The third-order valence-electron chi connectivity index (χ3n) is 2.75. The van der Waals surface area contributed by atoms with E-state index in [2.05, 4.69) is 10.3 Å². The van der Waals surface area contributed by atoms with Crippen LogP contribution in [-0.4, -0.2) is 33.8 Å². The second-order valence-electron chi connectivity index (χ2n) is 4.13. The summed E-state index contributed by atoms with van der Waals surface area (Å²) >= 11 is 0. The molecule has 5 heteroatoms. The Morgan fingerprint density at radius 3 is 2.88 bits per heavy atom. The van der Waals surface area contributed by atoms with E-state index < -0.39 is 0 Å². The zero-order chi connectivity index (χ0) is 11.5. The molecule has 1 aromatic heterocycles. The molecule has 1 aliphatic rings. The van der Waals surface area contributed by atoms with Crippen LogP contribution in [0.2, 0.25) is 0 Å². The van der Waals surface area contributed by atoms with Gasteiger partial charge in [0.2, 0.25) is 0 Å². The van der Waals surface area contributed by atoms with E-state index in [9.17, 15) is 4.79 Å². The van der Waals surface area contributed by atoms with Gasteiger partial charge in [-0.15, -0.1) is 0 Å². The lowest BCUT2D eigenvalue weighted by molar-refractivity contribution is 0.0420. The van der Waals surface area contributed by atoms with Crippen molar-refractivity contribution in [2.75, 3.05) is 6.54 Å². The largest absolute Gasteiger partial charge is 0.506 e. The SMILES string of the molecule is O=C(NCC1CC(O)C1)c1cncc(O)c1. The number of hydrogen-bond acceptors (Lipinski definition) is 4. The fourth-order valence-corrected chi connectivity index (χ4v) is 1.76. The summed E-state index contributed by atoms with van der Waals surface area (Å²) in [5, 5.41) is 21.0. The number of nitrogens with zero attached hydrogens (tertiary/aromatic N) is 1. The van der Waals surface area contributed by atoms with Gasteiger partial charge >= 0.3 is 0 Å². The van der Waals surface area contributed by atoms with Gasteiger partial charge in [-0.05, 0) is 24.8 Å². The summed E-state index contributed by atoms with van der Waals surface area (Å²) in [5.74, 6) is 0.0979. The second-order valence-corrected chi connectivity index (χ2v) is 4.13. The molecule has 0 aliphatic heterocycles. The van der Waals surface area contributed by atoms with Crippen LogP contribution in [0, 0.1) is 5.92 Å². The van der Waals surface area contributed by atoms with Crippen molar-refractivity contribution in [1.29, 1.82) is 0 Å². The van der Waals surface area contributed by atoms with Crippen molar-refractivity contribution in [2.24, 2.45) is 5.92 Å². The zero-order valence-electron chi connectivity index (χ0n) is 8.76. The van der Waals surface area contributed by atoms with Gasteiger partial charge in [0.05, 0.1) is 17.9 Å². The molecular formula is C11H14N2O3. The molecule has 86 valence electrons. The van der Waals surface area contributed by atoms with Crippen molar-refractivity contribution < 1.29 is 15.0 Å². The number of aromatic nitrogens is 1. The van der Waals surface area contributed by atoms with E-state index >= 15 is 0 Å². The number of hydrogen-bond donors (Lipinski definition) is 3. The molecule has 5 nitrogen and oxygen atoms in total. The minimum atomic E-state index is -0.246. The number of nitrogens with one attached hydrogen (secondary N) is 1. The Morgan fingerprint density at radius 2 is 2.25 bits per heavy atom. The van der Waals surface area contributed by atoms with Gasteiger partial charge in [-0.25, -0.2) is 0 Å². The minimum Gasteiger partial charge on any atom is -0.506 e. The van der Waals surface area contributed by atoms with Gasteiger partial charge in [-0.3, -0.25) is 9.78 Å². The first-order valence-electron chi connectivity index (χ1n) is 5.25. The van der Waals surface area contributed by atoms with Gasteiger partial charge in [0.15, 0.2) is 0 Å². The summed E-state index contributed by atoms with van der Waals surface area (Å²) in [6.07, 6.45) is 3.98. The minimum absolute atomic E-state index is 0.0216. The summed E-state index contributed by atoms with van der Waals surface area (Å²) in [7, 11) is 0. The van der Waals surface area contributed by atoms with Gasteiger partial charge in [0.25, 0.3) is 5.91 Å². The first-order chi connectivity index (χ1) is 7.65. The third-order valence-corrected chi connectivity index (χ3v) is 2.75. The van der Waals surface area contributed by atoms with Crippen LogP contribution in [0.3, 0.4) is 0 Å². The normalized spacial score (nSPS) is 23.6. The number of aliphatic hydroxyl groups is 1. The molecule has 16 heavy (non-hydrogen) atoms. The van der Waals surface area contributed by atoms with Crippen molar-refractivity contribution >= 4 is 5.91 Å². The van der Waals surface area contributed by atoms with Crippen molar-refractivity contribution in [1.82, 2.24) is 10.3 Å². The zero-order valence-corrected chi connectivity index (χ0v) is 8.76. The van der Waals surface area contributed by atoms with Crippen molar-refractivity contribution in [3.05, 3.63) is 24.0 Å². The smallest absolute Gasteiger partial charge is 0.252 e. The van der Waals surface area contributed by atoms with E-state index in [0.29, 0.717) is 18.0 Å². The highest BCUT2D eigenvalue weighted by atomic mass is 16.3. The number of pyridine rings is 1. The maximum atomic E-state index is 11.6. The lowest BCUT2D eigenvalue weighted by Crippen LogP contribution is -2.38. The van der Waals surface area contributed by atoms with E-state index in [0.717, 1.165) is 12.8 Å². The first-order valence-corrected chi connectivity index (χ1v) is 5.25. The Balaban J connectivity index is 1.84. The highest BCUT2D eigenvalue weighted by Crippen LogP contribution is 2.26. The maximum absolute atomic E-state index is 11.6. The fraction of sp³-hybridized carbons (Fsp3) is 0.455. The molecule has 1 heterocycles. The Hall–Kier alpha value is -1.62. The van der Waals surface area contributed by atoms with Crippen molar-refractivity contribution in [3.63, 3.8) is 0 Å². The van der Waals surface area contributed by atoms with Crippen molar-refractivity contribution in [3.8, 4) is 5.75 Å². The highest BCUT2D eigenvalue weighted by molar-refractivity contribution is 5.94. The molecule has 0 atom stereocenters. The van der Waals surface area contributed by atoms with Crippen LogP contribution in [0.4, 0.5) is 0 Å². The second kappa shape index (κ2) is 4.49. The summed E-state index contributed by atoms with van der Waals surface area (Å²) in [4.78, 5) is 15.3. The third kappa shape index (κ3) is 2.49. The molecule has 0 spiro atoms.